The van der Waals surface area contributed by atoms with E-state index in [4.69, 9.17) is 16.3 Å². The van der Waals surface area contributed by atoms with E-state index in [0.717, 1.165) is 21.8 Å². The number of fused-ring (bicyclic) bond motifs is 1. The van der Waals surface area contributed by atoms with Gasteiger partial charge in [-0.2, -0.15) is 26.3 Å². The summed E-state index contributed by atoms with van der Waals surface area (Å²) in [6.45, 7) is 4.21. The van der Waals surface area contributed by atoms with E-state index in [1.54, 1.807) is 19.1 Å². The Kier molecular flexibility index (Phi) is 7.52. The van der Waals surface area contributed by atoms with Crippen LogP contribution in [-0.4, -0.2) is 55.2 Å². The summed E-state index contributed by atoms with van der Waals surface area (Å²) in [5.74, 6) is -1.02. The van der Waals surface area contributed by atoms with Crippen molar-refractivity contribution in [3.63, 3.8) is 0 Å². The molecular formula is C23H20ClF6N3O2S. The van der Waals surface area contributed by atoms with Crippen molar-refractivity contribution < 1.29 is 35.9 Å². The molecule has 3 aromatic rings. The summed E-state index contributed by atoms with van der Waals surface area (Å²) in [6, 6.07) is 4.26. The predicted molar refractivity (Wildman–Crippen MR) is 125 cm³/mol. The van der Waals surface area contributed by atoms with Gasteiger partial charge in [0, 0.05) is 31.7 Å². The number of amides is 1. The van der Waals surface area contributed by atoms with Gasteiger partial charge in [0.25, 0.3) is 5.91 Å². The van der Waals surface area contributed by atoms with Gasteiger partial charge in [0.1, 0.15) is 0 Å². The minimum absolute atomic E-state index is 0.00429. The topological polar surface area (TPSA) is 45.7 Å². The number of hydrogen-bond acceptors (Lipinski definition) is 5. The molecular weight excluding hydrogens is 532 g/mol. The van der Waals surface area contributed by atoms with E-state index in [0.29, 0.717) is 60.2 Å². The van der Waals surface area contributed by atoms with Crippen LogP contribution in [0.5, 0.6) is 0 Å². The average Bonchev–Trinajstić information content (AvgIpc) is 3.27. The van der Waals surface area contributed by atoms with Crippen molar-refractivity contribution in [3.8, 4) is 0 Å². The molecule has 1 amide bonds. The first-order chi connectivity index (χ1) is 16.8. The summed E-state index contributed by atoms with van der Waals surface area (Å²) in [6.07, 6.45) is -10.1. The number of aryl methyl sites for hydroxylation is 1. The lowest BCUT2D eigenvalue weighted by Crippen LogP contribution is -2.43. The summed E-state index contributed by atoms with van der Waals surface area (Å²) < 4.78 is 86.3. The van der Waals surface area contributed by atoms with Crippen molar-refractivity contribution in [2.45, 2.75) is 19.3 Å². The van der Waals surface area contributed by atoms with Gasteiger partial charge < -0.3 is 4.74 Å². The first-order valence-corrected chi connectivity index (χ1v) is 12.0. The van der Waals surface area contributed by atoms with E-state index in [2.05, 4.69) is 4.98 Å². The maximum atomic E-state index is 13.5. The van der Waals surface area contributed by atoms with Crippen LogP contribution >= 0.6 is 22.9 Å². The smallest absolute Gasteiger partial charge is 0.379 e. The van der Waals surface area contributed by atoms with Crippen molar-refractivity contribution in [2.24, 2.45) is 0 Å². The Balaban J connectivity index is 1.78. The monoisotopic (exact) mass is 551 g/mol. The minimum atomic E-state index is -5.07. The zero-order valence-corrected chi connectivity index (χ0v) is 20.4. The number of anilines is 1. The molecule has 1 saturated heterocycles. The zero-order chi connectivity index (χ0) is 26.3. The number of rotatable bonds is 5. The Morgan fingerprint density at radius 2 is 1.69 bits per heavy atom. The zero-order valence-electron chi connectivity index (χ0n) is 18.8. The largest absolute Gasteiger partial charge is 0.416 e. The second-order valence-electron chi connectivity index (χ2n) is 8.24. The number of benzene rings is 2. The summed E-state index contributed by atoms with van der Waals surface area (Å²) in [7, 11) is 0. The molecule has 1 aromatic heterocycles. The maximum absolute atomic E-state index is 13.5. The van der Waals surface area contributed by atoms with Crippen molar-refractivity contribution in [3.05, 3.63) is 57.6 Å². The quantitative estimate of drug-likeness (QED) is 0.350. The van der Waals surface area contributed by atoms with Crippen molar-refractivity contribution in [1.29, 1.82) is 0 Å². The molecule has 1 fully saturated rings. The fourth-order valence-electron chi connectivity index (χ4n) is 3.79. The van der Waals surface area contributed by atoms with Crippen LogP contribution < -0.4 is 4.90 Å². The van der Waals surface area contributed by atoms with E-state index in [1.165, 1.54) is 0 Å². The molecule has 0 atom stereocenters. The second-order valence-corrected chi connectivity index (χ2v) is 9.63. The molecule has 2 heterocycles. The number of ether oxygens (including phenoxy) is 1. The van der Waals surface area contributed by atoms with Gasteiger partial charge in [0.2, 0.25) is 0 Å². The third-order valence-corrected chi connectivity index (χ3v) is 7.28. The SMILES string of the molecule is Cc1ccc(Cl)c2sc(N(CCN3CCOCC3)C(=O)c3cc(C(F)(F)F)cc(C(F)(F)F)c3)nc12. The van der Waals surface area contributed by atoms with E-state index in [9.17, 15) is 31.1 Å². The third kappa shape index (κ3) is 5.77. The van der Waals surface area contributed by atoms with Gasteiger partial charge in [0.15, 0.2) is 5.13 Å². The molecule has 1 aliphatic rings. The molecule has 1 aliphatic heterocycles. The molecule has 194 valence electrons. The van der Waals surface area contributed by atoms with Crippen LogP contribution in [0.1, 0.15) is 27.0 Å². The van der Waals surface area contributed by atoms with Gasteiger partial charge in [-0.15, -0.1) is 0 Å². The minimum Gasteiger partial charge on any atom is -0.379 e. The Labute approximate surface area is 211 Å². The number of nitrogens with zero attached hydrogens (tertiary/aromatic N) is 3. The van der Waals surface area contributed by atoms with Crippen LogP contribution in [0.15, 0.2) is 30.3 Å². The van der Waals surface area contributed by atoms with Gasteiger partial charge in [-0.3, -0.25) is 14.6 Å². The molecule has 0 bridgehead atoms. The summed E-state index contributed by atoms with van der Waals surface area (Å²) in [4.78, 5) is 21.1. The highest BCUT2D eigenvalue weighted by atomic mass is 35.5. The third-order valence-electron chi connectivity index (χ3n) is 5.74. The van der Waals surface area contributed by atoms with Crippen LogP contribution in [0, 0.1) is 6.92 Å². The van der Waals surface area contributed by atoms with Gasteiger partial charge in [-0.05, 0) is 36.8 Å². The number of morpholine rings is 1. The van der Waals surface area contributed by atoms with Crippen LogP contribution in [-0.2, 0) is 17.1 Å². The molecule has 0 saturated carbocycles. The maximum Gasteiger partial charge on any atom is 0.416 e. The fraction of sp³-hybridized carbons (Fsp3) is 0.391. The lowest BCUT2D eigenvalue weighted by atomic mass is 10.0. The predicted octanol–water partition coefficient (Wildman–Crippen LogP) is 6.27. The normalized spacial score (nSPS) is 15.4. The molecule has 0 spiro atoms. The number of hydrogen-bond donors (Lipinski definition) is 0. The molecule has 36 heavy (non-hydrogen) atoms. The fourth-order valence-corrected chi connectivity index (χ4v) is 5.13. The second kappa shape index (κ2) is 10.2. The van der Waals surface area contributed by atoms with Crippen LogP contribution in [0.2, 0.25) is 5.02 Å². The standard InChI is InChI=1S/C23H20ClF6N3O2S/c1-13-2-3-17(24)19-18(13)31-21(36-19)33(5-4-32-6-8-35-9-7-32)20(34)14-10-15(22(25,26)27)12-16(11-14)23(28,29)30/h2-3,10-12H,4-9H2,1H3. The molecule has 0 N–H and O–H groups in total. The molecule has 13 heteroatoms. The van der Waals surface area contributed by atoms with Gasteiger partial charge in [-0.25, -0.2) is 4.98 Å². The van der Waals surface area contributed by atoms with Crippen LogP contribution in [0.4, 0.5) is 31.5 Å². The molecule has 2 aromatic carbocycles. The Morgan fingerprint density at radius 3 is 2.25 bits per heavy atom. The molecule has 0 radical (unpaired) electrons. The Hall–Kier alpha value is -2.41. The van der Waals surface area contributed by atoms with Crippen molar-refractivity contribution in [2.75, 3.05) is 44.3 Å². The molecule has 0 unspecified atom stereocenters. The van der Waals surface area contributed by atoms with Crippen LogP contribution in [0.25, 0.3) is 10.2 Å². The number of carbonyl (C=O) groups excluding carboxylic acids is 1. The van der Waals surface area contributed by atoms with E-state index in [-0.39, 0.29) is 17.7 Å². The summed E-state index contributed by atoms with van der Waals surface area (Å²) in [5, 5.41) is 0.504. The summed E-state index contributed by atoms with van der Waals surface area (Å²) in [5.41, 5.74) is -2.59. The molecule has 0 aliphatic carbocycles. The Morgan fingerprint density at radius 1 is 1.08 bits per heavy atom. The van der Waals surface area contributed by atoms with Crippen molar-refractivity contribution >= 4 is 44.2 Å². The number of aromatic nitrogens is 1. The van der Waals surface area contributed by atoms with Gasteiger partial charge in [0.05, 0.1) is 39.6 Å². The number of carbonyl (C=O) groups is 1. The first-order valence-electron chi connectivity index (χ1n) is 10.8. The van der Waals surface area contributed by atoms with Gasteiger partial charge >= 0.3 is 12.4 Å². The lowest BCUT2D eigenvalue weighted by Gasteiger charge is -2.29. The molecule has 5 nitrogen and oxygen atoms in total. The highest BCUT2D eigenvalue weighted by Gasteiger charge is 2.38. The highest BCUT2D eigenvalue weighted by molar-refractivity contribution is 7.23. The van der Waals surface area contributed by atoms with Crippen LogP contribution in [0.3, 0.4) is 0 Å². The van der Waals surface area contributed by atoms with E-state index in [1.807, 2.05) is 4.90 Å². The first kappa shape index (κ1) is 26.6. The average molecular weight is 552 g/mol. The number of thiazole rings is 1. The number of alkyl halides is 6. The van der Waals surface area contributed by atoms with E-state index >= 15 is 0 Å². The van der Waals surface area contributed by atoms with Crippen molar-refractivity contribution in [1.82, 2.24) is 9.88 Å². The number of halogens is 7. The molecule has 4 rings (SSSR count). The Bertz CT molecular complexity index is 1200. The lowest BCUT2D eigenvalue weighted by molar-refractivity contribution is -0.143. The summed E-state index contributed by atoms with van der Waals surface area (Å²) >= 11 is 7.33. The van der Waals surface area contributed by atoms with E-state index < -0.39 is 35.0 Å². The highest BCUT2D eigenvalue weighted by Crippen LogP contribution is 2.39. The van der Waals surface area contributed by atoms with Gasteiger partial charge in [-0.1, -0.05) is 29.0 Å².